The molecule has 5 rings (SSSR count). The number of thioether (sulfide) groups is 1. The number of rotatable bonds is 6. The summed E-state index contributed by atoms with van der Waals surface area (Å²) in [5.41, 5.74) is 4.32. The molecule has 5 nitrogen and oxygen atoms in total. The fraction of sp³-hybridized carbons (Fsp3) is 0.207. The molecule has 3 aromatic carbocycles. The van der Waals surface area contributed by atoms with E-state index in [1.54, 1.807) is 4.90 Å². The lowest BCUT2D eigenvalue weighted by molar-refractivity contribution is -0.115. The number of para-hydroxylation sites is 2. The van der Waals surface area contributed by atoms with E-state index in [1.807, 2.05) is 91.0 Å². The predicted molar refractivity (Wildman–Crippen MR) is 141 cm³/mol. The molecule has 4 aromatic rings. The molecule has 6 heteroatoms. The van der Waals surface area contributed by atoms with Gasteiger partial charge in [0, 0.05) is 28.9 Å². The van der Waals surface area contributed by atoms with Gasteiger partial charge in [0.1, 0.15) is 5.03 Å². The van der Waals surface area contributed by atoms with Crippen molar-refractivity contribution in [3.63, 3.8) is 0 Å². The van der Waals surface area contributed by atoms with E-state index in [1.165, 1.54) is 11.8 Å². The van der Waals surface area contributed by atoms with E-state index in [0.717, 1.165) is 33.2 Å². The summed E-state index contributed by atoms with van der Waals surface area (Å²) in [6.07, 6.45) is 0.701. The first-order chi connectivity index (χ1) is 17.0. The Hall–Kier alpha value is -3.48. The van der Waals surface area contributed by atoms with Gasteiger partial charge >= 0.3 is 0 Å². The molecule has 0 radical (unpaired) electrons. The highest BCUT2D eigenvalue weighted by Crippen LogP contribution is 2.35. The molecule has 0 spiro atoms. The molecule has 0 bridgehead atoms. The van der Waals surface area contributed by atoms with E-state index in [2.05, 4.69) is 13.8 Å². The van der Waals surface area contributed by atoms with Crippen LogP contribution >= 0.6 is 11.8 Å². The number of fused-ring (bicyclic) bond motifs is 1. The highest BCUT2D eigenvalue weighted by molar-refractivity contribution is 8.00. The first kappa shape index (κ1) is 23.3. The molecule has 1 aliphatic rings. The fourth-order valence-electron chi connectivity index (χ4n) is 4.14. The number of carbonyl (C=O) groups excluding carboxylic acids is 1. The largest absolute Gasteiger partial charge is 0.370 e. The second-order valence-electron chi connectivity index (χ2n) is 9.06. The Morgan fingerprint density at radius 2 is 1.46 bits per heavy atom. The lowest BCUT2D eigenvalue weighted by atomic mass is 9.96. The van der Waals surface area contributed by atoms with Gasteiger partial charge in [0.25, 0.3) is 0 Å². The third-order valence-electron chi connectivity index (χ3n) is 5.90. The quantitative estimate of drug-likeness (QED) is 0.234. The van der Waals surface area contributed by atoms with Crippen molar-refractivity contribution in [1.82, 2.24) is 9.97 Å². The molecule has 0 atom stereocenters. The Bertz CT molecular complexity index is 1270. The minimum Gasteiger partial charge on any atom is -0.370 e. The van der Waals surface area contributed by atoms with Gasteiger partial charge in [-0.3, -0.25) is 9.69 Å². The normalized spacial score (nSPS) is 14.2. The average Bonchev–Trinajstić information content (AvgIpc) is 2.88. The second-order valence-corrected chi connectivity index (χ2v) is 10.0. The maximum Gasteiger partial charge on any atom is 0.241 e. The molecule has 0 N–H and O–H groups in total. The predicted octanol–water partition coefficient (Wildman–Crippen LogP) is 6.45. The van der Waals surface area contributed by atoms with Crippen LogP contribution in [0.25, 0.3) is 11.4 Å². The zero-order chi connectivity index (χ0) is 24.3. The molecule has 0 saturated heterocycles. The van der Waals surface area contributed by atoms with E-state index in [4.69, 9.17) is 14.7 Å². The number of aromatic nitrogens is 2. The molecular formula is C29H27N3O2S. The Morgan fingerprint density at radius 3 is 2.06 bits per heavy atom. The van der Waals surface area contributed by atoms with Crippen molar-refractivity contribution in [2.75, 3.05) is 10.7 Å². The zero-order valence-electron chi connectivity index (χ0n) is 19.8. The number of hydrogen-bond acceptors (Lipinski definition) is 5. The monoisotopic (exact) mass is 481 g/mol. The van der Waals surface area contributed by atoms with Crippen molar-refractivity contribution < 1.29 is 9.53 Å². The lowest BCUT2D eigenvalue weighted by Crippen LogP contribution is -2.33. The van der Waals surface area contributed by atoms with Gasteiger partial charge in [-0.15, -0.1) is 0 Å². The van der Waals surface area contributed by atoms with E-state index in [9.17, 15) is 4.79 Å². The van der Waals surface area contributed by atoms with E-state index < -0.39 is 0 Å². The number of nitrogens with zero attached hydrogens (tertiary/aromatic N) is 3. The summed E-state index contributed by atoms with van der Waals surface area (Å²) in [6, 6.07) is 29.4. The number of carbonyl (C=O) groups is 1. The van der Waals surface area contributed by atoms with Crippen LogP contribution < -0.4 is 4.90 Å². The van der Waals surface area contributed by atoms with Crippen molar-refractivity contribution in [3.8, 4) is 11.4 Å². The lowest BCUT2D eigenvalue weighted by Gasteiger charge is -2.32. The van der Waals surface area contributed by atoms with Gasteiger partial charge in [0.2, 0.25) is 5.91 Å². The Morgan fingerprint density at radius 1 is 0.886 bits per heavy atom. The maximum absolute atomic E-state index is 13.6. The number of ether oxygens (including phenoxy) is 1. The average molecular weight is 482 g/mol. The summed E-state index contributed by atoms with van der Waals surface area (Å²) in [4.78, 5) is 25.1. The molecular weight excluding hydrogens is 454 g/mol. The smallest absolute Gasteiger partial charge is 0.241 e. The van der Waals surface area contributed by atoms with Crippen LogP contribution in [-0.4, -0.2) is 27.2 Å². The standard InChI is InChI=1S/C29H27N3O2S/c1-29(2)18-25-24(19-34-29)28(31-27(30-25)21-12-6-3-7-13-21)35-20-26(33)32(22-14-8-4-9-15-22)23-16-10-5-11-17-23/h3-17H,18-20H2,1-2H3. The fourth-order valence-corrected chi connectivity index (χ4v) is 5.03. The van der Waals surface area contributed by atoms with E-state index >= 15 is 0 Å². The van der Waals surface area contributed by atoms with Crippen LogP contribution in [0.4, 0.5) is 11.4 Å². The number of anilines is 2. The molecule has 1 aliphatic heterocycles. The molecule has 1 amide bonds. The van der Waals surface area contributed by atoms with Crippen LogP contribution in [0.5, 0.6) is 0 Å². The van der Waals surface area contributed by atoms with Crippen molar-refractivity contribution in [2.24, 2.45) is 0 Å². The third kappa shape index (κ3) is 5.29. The summed E-state index contributed by atoms with van der Waals surface area (Å²) >= 11 is 1.45. The van der Waals surface area contributed by atoms with Crippen molar-refractivity contribution >= 4 is 29.0 Å². The van der Waals surface area contributed by atoms with Crippen molar-refractivity contribution in [3.05, 3.63) is 102 Å². The molecule has 1 aromatic heterocycles. The molecule has 2 heterocycles. The Balaban J connectivity index is 1.47. The van der Waals surface area contributed by atoms with Crippen molar-refractivity contribution in [2.45, 2.75) is 37.5 Å². The molecule has 0 fully saturated rings. The zero-order valence-corrected chi connectivity index (χ0v) is 20.7. The summed E-state index contributed by atoms with van der Waals surface area (Å²) in [7, 11) is 0. The number of hydrogen-bond donors (Lipinski definition) is 0. The van der Waals surface area contributed by atoms with Crippen LogP contribution in [0, 0.1) is 0 Å². The first-order valence-corrected chi connectivity index (χ1v) is 12.6. The van der Waals surface area contributed by atoms with Crippen molar-refractivity contribution in [1.29, 1.82) is 0 Å². The van der Waals surface area contributed by atoms with Crippen LogP contribution in [0.2, 0.25) is 0 Å². The molecule has 35 heavy (non-hydrogen) atoms. The number of benzene rings is 3. The minimum atomic E-state index is -0.287. The summed E-state index contributed by atoms with van der Waals surface area (Å²) in [5.74, 6) is 0.906. The van der Waals surface area contributed by atoms with Gasteiger partial charge in [-0.2, -0.15) is 0 Å². The third-order valence-corrected chi connectivity index (χ3v) is 6.90. The summed E-state index contributed by atoms with van der Waals surface area (Å²) in [5, 5.41) is 0.804. The first-order valence-electron chi connectivity index (χ1n) is 11.7. The molecule has 0 saturated carbocycles. The topological polar surface area (TPSA) is 55.3 Å². The van der Waals surface area contributed by atoms with Gasteiger partial charge in [-0.05, 0) is 38.1 Å². The highest BCUT2D eigenvalue weighted by Gasteiger charge is 2.30. The summed E-state index contributed by atoms with van der Waals surface area (Å²) in [6.45, 7) is 4.59. The summed E-state index contributed by atoms with van der Waals surface area (Å²) < 4.78 is 6.08. The SMILES string of the molecule is CC1(C)Cc2nc(-c3ccccc3)nc(SCC(=O)N(c3ccccc3)c3ccccc3)c2CO1. The van der Waals surface area contributed by atoms with Crippen LogP contribution in [0.15, 0.2) is 96.0 Å². The van der Waals surface area contributed by atoms with Gasteiger partial charge in [-0.1, -0.05) is 78.5 Å². The van der Waals surface area contributed by atoms with Gasteiger partial charge < -0.3 is 4.74 Å². The minimum absolute atomic E-state index is 0.0157. The molecule has 176 valence electrons. The molecule has 0 unspecified atom stereocenters. The number of amides is 1. The van der Waals surface area contributed by atoms with Crippen LogP contribution in [0.1, 0.15) is 25.1 Å². The second kappa shape index (κ2) is 10.0. The highest BCUT2D eigenvalue weighted by atomic mass is 32.2. The van der Waals surface area contributed by atoms with Crippen LogP contribution in [-0.2, 0) is 22.6 Å². The van der Waals surface area contributed by atoms with E-state index in [0.29, 0.717) is 18.9 Å². The molecule has 0 aliphatic carbocycles. The van der Waals surface area contributed by atoms with Crippen LogP contribution in [0.3, 0.4) is 0 Å². The Labute approximate surface area is 210 Å². The maximum atomic E-state index is 13.6. The Kier molecular flexibility index (Phi) is 6.66. The van der Waals surface area contributed by atoms with Gasteiger partial charge in [0.15, 0.2) is 5.82 Å². The van der Waals surface area contributed by atoms with Gasteiger partial charge in [-0.25, -0.2) is 9.97 Å². The van der Waals surface area contributed by atoms with E-state index in [-0.39, 0.29) is 17.3 Å². The van der Waals surface area contributed by atoms with Gasteiger partial charge in [0.05, 0.1) is 23.7 Å².